The number of esters is 1. The van der Waals surface area contributed by atoms with E-state index in [0.717, 1.165) is 18.4 Å². The average Bonchev–Trinajstić information content (AvgIpc) is 2.65. The lowest BCUT2D eigenvalue weighted by Crippen LogP contribution is -2.06. The Morgan fingerprint density at radius 1 is 1.20 bits per heavy atom. The fourth-order valence-corrected chi connectivity index (χ4v) is 2.62. The van der Waals surface area contributed by atoms with Gasteiger partial charge in [-0.05, 0) is 54.2 Å². The van der Waals surface area contributed by atoms with Crippen LogP contribution in [-0.4, -0.2) is 18.1 Å². The quantitative estimate of drug-likeness (QED) is 0.426. The van der Waals surface area contributed by atoms with E-state index in [1.165, 1.54) is 12.7 Å². The van der Waals surface area contributed by atoms with Gasteiger partial charge in [-0.1, -0.05) is 43.4 Å². The molecule has 0 aliphatic rings. The summed E-state index contributed by atoms with van der Waals surface area (Å²) in [5.41, 5.74) is 2.63. The van der Waals surface area contributed by atoms with Gasteiger partial charge in [0.2, 0.25) is 0 Å². The minimum atomic E-state index is -0.334. The van der Waals surface area contributed by atoms with Crippen molar-refractivity contribution in [1.82, 2.24) is 4.98 Å². The van der Waals surface area contributed by atoms with Crippen molar-refractivity contribution in [2.45, 2.75) is 32.6 Å². The fraction of sp³-hybridized carbons (Fsp3) is 0.333. The van der Waals surface area contributed by atoms with E-state index < -0.39 is 0 Å². The highest BCUT2D eigenvalue weighted by atomic mass is 35.5. The van der Waals surface area contributed by atoms with Crippen LogP contribution in [0.25, 0.3) is 0 Å². The summed E-state index contributed by atoms with van der Waals surface area (Å²) >= 11 is 5.84. The summed E-state index contributed by atoms with van der Waals surface area (Å²) in [4.78, 5) is 15.5. The molecule has 0 amide bonds. The van der Waals surface area contributed by atoms with Crippen LogP contribution in [0.2, 0.25) is 5.15 Å². The van der Waals surface area contributed by atoms with E-state index >= 15 is 0 Å². The maximum absolute atomic E-state index is 11.4. The summed E-state index contributed by atoms with van der Waals surface area (Å²) in [5, 5.41) is 0.521. The normalized spacial score (nSPS) is 12.6. The highest BCUT2D eigenvalue weighted by molar-refractivity contribution is 6.29. The largest absolute Gasteiger partial charge is 0.465 e. The van der Waals surface area contributed by atoms with Crippen LogP contribution in [0.4, 0.5) is 0 Å². The van der Waals surface area contributed by atoms with Crippen LogP contribution in [0, 0.1) is 17.8 Å². The minimum absolute atomic E-state index is 0.334. The maximum atomic E-state index is 11.4. The predicted octanol–water partition coefficient (Wildman–Crippen LogP) is 5.09. The highest BCUT2D eigenvalue weighted by Gasteiger charge is 2.14. The summed E-state index contributed by atoms with van der Waals surface area (Å²) in [6.07, 6.45) is 3.68. The Kier molecular flexibility index (Phi) is 7.03. The van der Waals surface area contributed by atoms with Gasteiger partial charge in [0, 0.05) is 18.2 Å². The van der Waals surface area contributed by atoms with Gasteiger partial charge in [0.15, 0.2) is 0 Å². The van der Waals surface area contributed by atoms with Gasteiger partial charge in [-0.15, -0.1) is 0 Å². The number of hydrogen-bond acceptors (Lipinski definition) is 3. The van der Waals surface area contributed by atoms with Gasteiger partial charge in [0.25, 0.3) is 0 Å². The van der Waals surface area contributed by atoms with Gasteiger partial charge < -0.3 is 4.74 Å². The number of pyridine rings is 1. The summed E-state index contributed by atoms with van der Waals surface area (Å²) in [6.45, 7) is 4.43. The number of benzene rings is 1. The van der Waals surface area contributed by atoms with Crippen molar-refractivity contribution in [3.05, 3.63) is 64.4 Å². The SMILES string of the molecule is COC(=O)c1ccc(C#CCC[C@@H](C)[C@H](C)c2ccc(Cl)nc2)cc1. The van der Waals surface area contributed by atoms with Crippen LogP contribution in [0.1, 0.15) is 54.1 Å². The first-order valence-corrected chi connectivity index (χ1v) is 8.67. The molecule has 0 fully saturated rings. The zero-order valence-electron chi connectivity index (χ0n) is 14.8. The first-order chi connectivity index (χ1) is 12.0. The highest BCUT2D eigenvalue weighted by Crippen LogP contribution is 2.27. The number of hydrogen-bond donors (Lipinski definition) is 0. The lowest BCUT2D eigenvalue weighted by molar-refractivity contribution is 0.0600. The van der Waals surface area contributed by atoms with E-state index in [1.54, 1.807) is 12.1 Å². The lowest BCUT2D eigenvalue weighted by atomic mass is 9.87. The molecule has 2 rings (SSSR count). The summed E-state index contributed by atoms with van der Waals surface area (Å²) < 4.78 is 4.68. The zero-order valence-corrected chi connectivity index (χ0v) is 15.5. The summed E-state index contributed by atoms with van der Waals surface area (Å²) in [7, 11) is 1.37. The summed E-state index contributed by atoms with van der Waals surface area (Å²) in [5.74, 6) is 6.92. The molecule has 4 heteroatoms. The van der Waals surface area contributed by atoms with E-state index in [1.807, 2.05) is 30.5 Å². The topological polar surface area (TPSA) is 39.2 Å². The van der Waals surface area contributed by atoms with E-state index in [-0.39, 0.29) is 5.97 Å². The Labute approximate surface area is 154 Å². The maximum Gasteiger partial charge on any atom is 0.337 e. The van der Waals surface area contributed by atoms with E-state index in [0.29, 0.717) is 22.6 Å². The predicted molar refractivity (Wildman–Crippen MR) is 101 cm³/mol. The number of methoxy groups -OCH3 is 1. The van der Waals surface area contributed by atoms with Gasteiger partial charge in [0.05, 0.1) is 12.7 Å². The van der Waals surface area contributed by atoms with Crippen LogP contribution >= 0.6 is 11.6 Å². The van der Waals surface area contributed by atoms with Gasteiger partial charge >= 0.3 is 5.97 Å². The molecule has 0 saturated carbocycles. The minimum Gasteiger partial charge on any atom is -0.465 e. The number of nitrogens with zero attached hydrogens (tertiary/aromatic N) is 1. The third-order valence-corrected chi connectivity index (χ3v) is 4.62. The molecule has 130 valence electrons. The van der Waals surface area contributed by atoms with Crippen molar-refractivity contribution in [2.24, 2.45) is 5.92 Å². The van der Waals surface area contributed by atoms with Gasteiger partial charge in [-0.2, -0.15) is 0 Å². The van der Waals surface area contributed by atoms with Crippen LogP contribution in [0.3, 0.4) is 0 Å². The van der Waals surface area contributed by atoms with Crippen LogP contribution in [0.5, 0.6) is 0 Å². The standard InChI is InChI=1S/C21H22ClNO2/c1-15(16(2)19-12-13-20(22)23-14-19)6-4-5-7-17-8-10-18(11-9-17)21(24)25-3/h8-16H,4,6H2,1-3H3/t15-,16+/m1/s1. The molecule has 1 aromatic carbocycles. The van der Waals surface area contributed by atoms with Gasteiger partial charge in [0.1, 0.15) is 5.15 Å². The molecule has 1 aromatic heterocycles. The van der Waals surface area contributed by atoms with Crippen molar-refractivity contribution in [3.63, 3.8) is 0 Å². The molecular weight excluding hydrogens is 334 g/mol. The molecule has 25 heavy (non-hydrogen) atoms. The molecule has 0 aliphatic carbocycles. The Balaban J connectivity index is 1.87. The lowest BCUT2D eigenvalue weighted by Gasteiger charge is -2.19. The van der Waals surface area contributed by atoms with Crippen molar-refractivity contribution in [2.75, 3.05) is 7.11 Å². The molecule has 3 nitrogen and oxygen atoms in total. The van der Waals surface area contributed by atoms with Gasteiger partial charge in [-0.3, -0.25) is 0 Å². The second-order valence-corrected chi connectivity index (χ2v) is 6.48. The van der Waals surface area contributed by atoms with Crippen LogP contribution < -0.4 is 0 Å². The number of aromatic nitrogens is 1. The number of carbonyl (C=O) groups excluding carboxylic acids is 1. The Hall–Kier alpha value is -2.31. The molecule has 2 aromatic rings. The molecule has 0 saturated heterocycles. The summed E-state index contributed by atoms with van der Waals surface area (Å²) in [6, 6.07) is 11.0. The number of carbonyl (C=O) groups is 1. The number of halogens is 1. The monoisotopic (exact) mass is 355 g/mol. The third-order valence-electron chi connectivity index (χ3n) is 4.39. The number of rotatable bonds is 5. The van der Waals surface area contributed by atoms with Crippen molar-refractivity contribution in [3.8, 4) is 11.8 Å². The van der Waals surface area contributed by atoms with E-state index in [2.05, 4.69) is 35.4 Å². The molecule has 2 atom stereocenters. The van der Waals surface area contributed by atoms with Crippen LogP contribution in [0.15, 0.2) is 42.6 Å². The average molecular weight is 356 g/mol. The molecule has 0 spiro atoms. The third kappa shape index (κ3) is 5.62. The number of ether oxygens (including phenoxy) is 1. The molecule has 0 unspecified atom stereocenters. The fourth-order valence-electron chi connectivity index (χ4n) is 2.51. The Morgan fingerprint density at radius 3 is 2.52 bits per heavy atom. The molecule has 0 bridgehead atoms. The zero-order chi connectivity index (χ0) is 18.2. The molecular formula is C21H22ClNO2. The molecule has 0 aliphatic heterocycles. The smallest absolute Gasteiger partial charge is 0.337 e. The second-order valence-electron chi connectivity index (χ2n) is 6.09. The van der Waals surface area contributed by atoms with E-state index in [9.17, 15) is 4.79 Å². The van der Waals surface area contributed by atoms with Crippen molar-refractivity contribution >= 4 is 17.6 Å². The molecule has 0 radical (unpaired) electrons. The molecule has 1 heterocycles. The molecule has 0 N–H and O–H groups in total. The first-order valence-electron chi connectivity index (χ1n) is 8.30. The Bertz CT molecular complexity index is 757. The van der Waals surface area contributed by atoms with Crippen LogP contribution in [-0.2, 0) is 4.74 Å². The van der Waals surface area contributed by atoms with Crippen molar-refractivity contribution < 1.29 is 9.53 Å². The van der Waals surface area contributed by atoms with Crippen molar-refractivity contribution in [1.29, 1.82) is 0 Å². The van der Waals surface area contributed by atoms with Gasteiger partial charge in [-0.25, -0.2) is 9.78 Å². The second kappa shape index (κ2) is 9.25. The Morgan fingerprint density at radius 2 is 1.92 bits per heavy atom. The van der Waals surface area contributed by atoms with E-state index in [4.69, 9.17) is 11.6 Å². The first kappa shape index (κ1) is 19.0.